The predicted molar refractivity (Wildman–Crippen MR) is 77.3 cm³/mol. The zero-order chi connectivity index (χ0) is 13.1. The van der Waals surface area contributed by atoms with Crippen LogP contribution >= 0.6 is 27.7 Å². The number of hydrogen-bond acceptors (Lipinski definition) is 2. The monoisotopic (exact) mass is 325 g/mol. The number of hydrogen-bond donors (Lipinski definition) is 1. The van der Waals surface area contributed by atoms with Crippen molar-refractivity contribution in [2.24, 2.45) is 5.73 Å². The molecule has 0 saturated carbocycles. The van der Waals surface area contributed by atoms with Gasteiger partial charge in [-0.2, -0.15) is 0 Å². The highest BCUT2D eigenvalue weighted by Gasteiger charge is 2.13. The summed E-state index contributed by atoms with van der Waals surface area (Å²) in [5.74, 6) is -0.245. The van der Waals surface area contributed by atoms with E-state index in [2.05, 4.69) is 15.9 Å². The first-order valence-corrected chi connectivity index (χ1v) is 7.16. The summed E-state index contributed by atoms with van der Waals surface area (Å²) in [4.78, 5) is 1.92. The van der Waals surface area contributed by atoms with Gasteiger partial charge in [0.2, 0.25) is 0 Å². The van der Waals surface area contributed by atoms with Crippen LogP contribution in [0.15, 0.2) is 56.7 Å². The Morgan fingerprint density at radius 2 is 1.94 bits per heavy atom. The summed E-state index contributed by atoms with van der Waals surface area (Å²) in [6.45, 7) is 1.80. The van der Waals surface area contributed by atoms with Gasteiger partial charge in [0.25, 0.3) is 0 Å². The molecule has 0 saturated heterocycles. The molecule has 1 atom stereocenters. The molecule has 0 bridgehead atoms. The van der Waals surface area contributed by atoms with Crippen molar-refractivity contribution in [3.8, 4) is 0 Å². The third-order valence-electron chi connectivity index (χ3n) is 2.49. The van der Waals surface area contributed by atoms with Crippen LogP contribution in [-0.2, 0) is 0 Å². The molecule has 0 spiro atoms. The summed E-state index contributed by atoms with van der Waals surface area (Å²) in [5.41, 5.74) is 6.41. The molecule has 2 aromatic carbocycles. The molecular formula is C14H13BrFNS. The highest BCUT2D eigenvalue weighted by atomic mass is 79.9. The lowest BCUT2D eigenvalue weighted by Crippen LogP contribution is -2.08. The topological polar surface area (TPSA) is 26.0 Å². The van der Waals surface area contributed by atoms with Gasteiger partial charge >= 0.3 is 0 Å². The second kappa shape index (κ2) is 5.87. The summed E-state index contributed by atoms with van der Waals surface area (Å²) in [6, 6.07) is 12.6. The van der Waals surface area contributed by atoms with Crippen LogP contribution in [0.2, 0.25) is 0 Å². The zero-order valence-corrected chi connectivity index (χ0v) is 12.3. The van der Waals surface area contributed by atoms with Crippen LogP contribution in [0.3, 0.4) is 0 Å². The average Bonchev–Trinajstić information content (AvgIpc) is 2.28. The van der Waals surface area contributed by atoms with E-state index in [0.717, 1.165) is 14.3 Å². The van der Waals surface area contributed by atoms with Crippen molar-refractivity contribution < 1.29 is 4.39 Å². The van der Waals surface area contributed by atoms with Crippen molar-refractivity contribution in [1.29, 1.82) is 0 Å². The minimum absolute atomic E-state index is 0.245. The van der Waals surface area contributed by atoms with Crippen LogP contribution in [0.25, 0.3) is 0 Å². The first kappa shape index (κ1) is 13.6. The van der Waals surface area contributed by atoms with Crippen LogP contribution in [0.1, 0.15) is 18.5 Å². The molecule has 2 N–H and O–H groups in total. The van der Waals surface area contributed by atoms with Crippen molar-refractivity contribution >= 4 is 27.7 Å². The molecule has 2 rings (SSSR count). The maximum absolute atomic E-state index is 13.8. The van der Waals surface area contributed by atoms with Gasteiger partial charge in [-0.3, -0.25) is 0 Å². The van der Waals surface area contributed by atoms with Crippen LogP contribution in [-0.4, -0.2) is 0 Å². The zero-order valence-electron chi connectivity index (χ0n) is 9.86. The van der Waals surface area contributed by atoms with Crippen LogP contribution in [0.4, 0.5) is 4.39 Å². The smallest absolute Gasteiger partial charge is 0.129 e. The van der Waals surface area contributed by atoms with Gasteiger partial charge in [-0.25, -0.2) is 4.39 Å². The van der Waals surface area contributed by atoms with E-state index in [1.54, 1.807) is 13.0 Å². The SMILES string of the molecule is C[C@@H](N)c1c(F)cccc1Sc1cccc(Br)c1. The van der Waals surface area contributed by atoms with E-state index in [4.69, 9.17) is 5.73 Å². The molecule has 18 heavy (non-hydrogen) atoms. The fourth-order valence-corrected chi connectivity index (χ4v) is 3.38. The highest BCUT2D eigenvalue weighted by molar-refractivity contribution is 9.10. The normalized spacial score (nSPS) is 12.4. The van der Waals surface area contributed by atoms with Crippen LogP contribution < -0.4 is 5.73 Å². The van der Waals surface area contributed by atoms with E-state index >= 15 is 0 Å². The molecule has 2 aromatic rings. The van der Waals surface area contributed by atoms with E-state index < -0.39 is 0 Å². The Morgan fingerprint density at radius 1 is 1.22 bits per heavy atom. The summed E-state index contributed by atoms with van der Waals surface area (Å²) >= 11 is 4.95. The number of rotatable bonds is 3. The number of benzene rings is 2. The van der Waals surface area contributed by atoms with Crippen molar-refractivity contribution in [2.45, 2.75) is 22.8 Å². The third kappa shape index (κ3) is 3.13. The van der Waals surface area contributed by atoms with Gasteiger partial charge in [0.05, 0.1) is 0 Å². The molecule has 0 fully saturated rings. The van der Waals surface area contributed by atoms with Crippen molar-refractivity contribution in [2.75, 3.05) is 0 Å². The molecule has 0 aliphatic rings. The second-order valence-electron chi connectivity index (χ2n) is 4.00. The lowest BCUT2D eigenvalue weighted by atomic mass is 10.1. The number of halogens is 2. The minimum Gasteiger partial charge on any atom is -0.324 e. The third-order valence-corrected chi connectivity index (χ3v) is 4.05. The maximum atomic E-state index is 13.8. The van der Waals surface area contributed by atoms with Gasteiger partial charge < -0.3 is 5.73 Å². The van der Waals surface area contributed by atoms with Gasteiger partial charge in [0, 0.05) is 25.9 Å². The quantitative estimate of drug-likeness (QED) is 0.880. The van der Waals surface area contributed by atoms with Crippen molar-refractivity contribution in [3.05, 3.63) is 58.3 Å². The first-order valence-electron chi connectivity index (χ1n) is 5.55. The predicted octanol–water partition coefficient (Wildman–Crippen LogP) is 4.76. The lowest BCUT2D eigenvalue weighted by Gasteiger charge is -2.13. The molecule has 0 aromatic heterocycles. The van der Waals surface area contributed by atoms with Gasteiger partial charge in [-0.1, -0.05) is 39.8 Å². The Morgan fingerprint density at radius 3 is 2.61 bits per heavy atom. The van der Waals surface area contributed by atoms with Crippen molar-refractivity contribution in [3.63, 3.8) is 0 Å². The second-order valence-corrected chi connectivity index (χ2v) is 6.03. The van der Waals surface area contributed by atoms with Crippen molar-refractivity contribution in [1.82, 2.24) is 0 Å². The Kier molecular flexibility index (Phi) is 4.43. The molecule has 0 amide bonds. The Bertz CT molecular complexity index is 557. The van der Waals surface area contributed by atoms with Crippen LogP contribution in [0, 0.1) is 5.82 Å². The van der Waals surface area contributed by atoms with E-state index in [1.165, 1.54) is 17.8 Å². The Labute approximate surface area is 119 Å². The molecule has 0 radical (unpaired) electrons. The Balaban J connectivity index is 2.37. The van der Waals surface area contributed by atoms with Gasteiger partial charge in [-0.15, -0.1) is 0 Å². The first-order chi connectivity index (χ1) is 8.58. The van der Waals surface area contributed by atoms with E-state index in [9.17, 15) is 4.39 Å². The lowest BCUT2D eigenvalue weighted by molar-refractivity contribution is 0.585. The largest absolute Gasteiger partial charge is 0.324 e. The molecule has 0 aliphatic carbocycles. The molecule has 4 heteroatoms. The summed E-state index contributed by atoms with van der Waals surface area (Å²) < 4.78 is 14.8. The summed E-state index contributed by atoms with van der Waals surface area (Å²) in [6.07, 6.45) is 0. The molecule has 94 valence electrons. The molecule has 0 heterocycles. The molecular weight excluding hydrogens is 313 g/mol. The molecule has 0 aliphatic heterocycles. The molecule has 0 unspecified atom stereocenters. The fourth-order valence-electron chi connectivity index (χ4n) is 1.71. The molecule has 1 nitrogen and oxygen atoms in total. The standard InChI is InChI=1S/C14H13BrFNS/c1-9(17)14-12(16)6-3-7-13(14)18-11-5-2-4-10(15)8-11/h2-9H,17H2,1H3/t9-/m1/s1. The maximum Gasteiger partial charge on any atom is 0.129 e. The summed E-state index contributed by atoms with van der Waals surface area (Å²) in [5, 5.41) is 0. The minimum atomic E-state index is -0.319. The van der Waals surface area contributed by atoms with Crippen LogP contribution in [0.5, 0.6) is 0 Å². The van der Waals surface area contributed by atoms with E-state index in [-0.39, 0.29) is 11.9 Å². The van der Waals surface area contributed by atoms with E-state index in [0.29, 0.717) is 5.56 Å². The average molecular weight is 326 g/mol. The Hall–Kier alpha value is -0.840. The highest BCUT2D eigenvalue weighted by Crippen LogP contribution is 2.34. The van der Waals surface area contributed by atoms with Gasteiger partial charge in [-0.05, 0) is 37.3 Å². The van der Waals surface area contributed by atoms with Gasteiger partial charge in [0.1, 0.15) is 5.82 Å². The number of nitrogens with two attached hydrogens (primary N) is 1. The fraction of sp³-hybridized carbons (Fsp3) is 0.143. The van der Waals surface area contributed by atoms with E-state index in [1.807, 2.05) is 30.3 Å². The van der Waals surface area contributed by atoms with Gasteiger partial charge in [0.15, 0.2) is 0 Å². The summed E-state index contributed by atoms with van der Waals surface area (Å²) in [7, 11) is 0.